The molecular formula is C11H10ClN3O2S. The molecule has 0 bridgehead atoms. The van der Waals surface area contributed by atoms with Crippen LogP contribution in [0.5, 0.6) is 0 Å². The van der Waals surface area contributed by atoms with Crippen molar-refractivity contribution >= 4 is 28.8 Å². The van der Waals surface area contributed by atoms with Crippen LogP contribution >= 0.6 is 22.9 Å². The lowest BCUT2D eigenvalue weighted by Crippen LogP contribution is -2.29. The third-order valence-corrected chi connectivity index (χ3v) is 3.57. The molecule has 0 saturated heterocycles. The number of nitrogens with zero attached hydrogens (tertiary/aromatic N) is 2. The maximum Gasteiger partial charge on any atom is 0.262 e. The summed E-state index contributed by atoms with van der Waals surface area (Å²) in [7, 11) is 0. The van der Waals surface area contributed by atoms with Crippen LogP contribution in [-0.4, -0.2) is 15.6 Å². The molecule has 7 heteroatoms. The van der Waals surface area contributed by atoms with Crippen molar-refractivity contribution in [2.75, 3.05) is 0 Å². The molecule has 18 heavy (non-hydrogen) atoms. The van der Waals surface area contributed by atoms with E-state index < -0.39 is 0 Å². The highest BCUT2D eigenvalue weighted by molar-refractivity contribution is 7.16. The molecule has 2 rings (SSSR count). The molecule has 0 unspecified atom stereocenters. The molecule has 5 nitrogen and oxygen atoms in total. The van der Waals surface area contributed by atoms with Gasteiger partial charge in [-0.25, -0.2) is 0 Å². The molecule has 0 atom stereocenters. The number of halogens is 1. The van der Waals surface area contributed by atoms with E-state index in [9.17, 15) is 4.79 Å². The van der Waals surface area contributed by atoms with Gasteiger partial charge in [0, 0.05) is 11.1 Å². The molecule has 0 fully saturated rings. The van der Waals surface area contributed by atoms with Crippen LogP contribution < -0.4 is 11.3 Å². The fraction of sp³-hybridized carbons (Fsp3) is 0.0909. The number of aromatic nitrogens is 1. The molecule has 0 saturated carbocycles. The fourth-order valence-corrected chi connectivity index (χ4v) is 2.60. The number of rotatable bonds is 3. The first kappa shape index (κ1) is 12.7. The van der Waals surface area contributed by atoms with Crippen molar-refractivity contribution < 1.29 is 5.21 Å². The maximum atomic E-state index is 12.0. The summed E-state index contributed by atoms with van der Waals surface area (Å²) in [4.78, 5) is 13.0. The molecule has 0 spiro atoms. The van der Waals surface area contributed by atoms with Crippen LogP contribution in [0, 0.1) is 0 Å². The molecule has 3 N–H and O–H groups in total. The Morgan fingerprint density at radius 2 is 2.28 bits per heavy atom. The number of pyridine rings is 1. The SMILES string of the molecule is N/C(=N/O)c1cccn(Cc2ccc(Cl)s2)c1=O. The Morgan fingerprint density at radius 3 is 2.89 bits per heavy atom. The number of nitrogens with two attached hydrogens (primary N) is 1. The number of hydrogen-bond acceptors (Lipinski definition) is 4. The first-order chi connectivity index (χ1) is 8.61. The number of oxime groups is 1. The predicted octanol–water partition coefficient (Wildman–Crippen LogP) is 1.71. The van der Waals surface area contributed by atoms with Crippen LogP contribution in [0.3, 0.4) is 0 Å². The average molecular weight is 284 g/mol. The van der Waals surface area contributed by atoms with E-state index in [0.29, 0.717) is 10.9 Å². The predicted molar refractivity (Wildman–Crippen MR) is 71.6 cm³/mol. The van der Waals surface area contributed by atoms with Crippen molar-refractivity contribution in [1.82, 2.24) is 4.57 Å². The van der Waals surface area contributed by atoms with Gasteiger partial charge in [-0.05, 0) is 24.3 Å². The van der Waals surface area contributed by atoms with Gasteiger partial charge >= 0.3 is 0 Å². The molecule has 2 heterocycles. The van der Waals surface area contributed by atoms with E-state index in [2.05, 4.69) is 5.16 Å². The van der Waals surface area contributed by atoms with Gasteiger partial charge in [-0.2, -0.15) is 0 Å². The normalized spacial score (nSPS) is 11.7. The Morgan fingerprint density at radius 1 is 1.50 bits per heavy atom. The maximum absolute atomic E-state index is 12.0. The zero-order valence-electron chi connectivity index (χ0n) is 9.21. The second kappa shape index (κ2) is 5.24. The summed E-state index contributed by atoms with van der Waals surface area (Å²) in [5.74, 6) is -0.196. The summed E-state index contributed by atoms with van der Waals surface area (Å²) in [6.45, 7) is 0.406. The fourth-order valence-electron chi connectivity index (χ4n) is 1.51. The summed E-state index contributed by atoms with van der Waals surface area (Å²) < 4.78 is 2.15. The van der Waals surface area contributed by atoms with Crippen LogP contribution in [0.4, 0.5) is 0 Å². The van der Waals surface area contributed by atoms with Crippen LogP contribution in [0.1, 0.15) is 10.4 Å². The zero-order chi connectivity index (χ0) is 13.1. The molecule has 0 amide bonds. The molecule has 0 aliphatic carbocycles. The Balaban J connectivity index is 2.38. The standard InChI is InChI=1S/C11H10ClN3O2S/c12-9-4-3-7(18-9)6-15-5-1-2-8(11(15)16)10(13)14-17/h1-5,17H,6H2,(H2,13,14). The van der Waals surface area contributed by atoms with E-state index in [1.165, 1.54) is 22.0 Å². The van der Waals surface area contributed by atoms with Crippen LogP contribution in [-0.2, 0) is 6.54 Å². The summed E-state index contributed by atoms with van der Waals surface area (Å²) >= 11 is 7.24. The Labute approximate surface area is 112 Å². The zero-order valence-corrected chi connectivity index (χ0v) is 10.8. The minimum Gasteiger partial charge on any atom is -0.409 e. The number of amidine groups is 1. The molecule has 2 aromatic rings. The Hall–Kier alpha value is -1.79. The van der Waals surface area contributed by atoms with Crippen molar-refractivity contribution in [3.05, 3.63) is 55.6 Å². The summed E-state index contributed by atoms with van der Waals surface area (Å²) in [5.41, 5.74) is 5.29. The van der Waals surface area contributed by atoms with Crippen LogP contribution in [0.2, 0.25) is 4.34 Å². The highest BCUT2D eigenvalue weighted by Crippen LogP contribution is 2.21. The molecule has 2 aromatic heterocycles. The Kier molecular flexibility index (Phi) is 3.69. The van der Waals surface area contributed by atoms with Crippen molar-refractivity contribution in [2.24, 2.45) is 10.9 Å². The van der Waals surface area contributed by atoms with Crippen molar-refractivity contribution in [3.63, 3.8) is 0 Å². The molecule has 0 radical (unpaired) electrons. The molecule has 0 aliphatic heterocycles. The third kappa shape index (κ3) is 2.55. The van der Waals surface area contributed by atoms with Crippen LogP contribution in [0.25, 0.3) is 0 Å². The lowest BCUT2D eigenvalue weighted by molar-refractivity contribution is 0.318. The highest BCUT2D eigenvalue weighted by atomic mass is 35.5. The largest absolute Gasteiger partial charge is 0.409 e. The molecular weight excluding hydrogens is 274 g/mol. The lowest BCUT2D eigenvalue weighted by Gasteiger charge is -2.05. The summed E-state index contributed by atoms with van der Waals surface area (Å²) in [6.07, 6.45) is 1.64. The third-order valence-electron chi connectivity index (χ3n) is 2.36. The van der Waals surface area contributed by atoms with Gasteiger partial charge in [0.05, 0.1) is 16.4 Å². The van der Waals surface area contributed by atoms with E-state index in [1.807, 2.05) is 6.07 Å². The van der Waals surface area contributed by atoms with Gasteiger partial charge in [0.1, 0.15) is 0 Å². The van der Waals surface area contributed by atoms with Crippen molar-refractivity contribution in [3.8, 4) is 0 Å². The van der Waals surface area contributed by atoms with Gasteiger partial charge in [0.15, 0.2) is 5.84 Å². The number of hydrogen-bond donors (Lipinski definition) is 2. The second-order valence-electron chi connectivity index (χ2n) is 3.55. The highest BCUT2D eigenvalue weighted by Gasteiger charge is 2.08. The van der Waals surface area contributed by atoms with E-state index in [0.717, 1.165) is 4.88 Å². The smallest absolute Gasteiger partial charge is 0.262 e. The van der Waals surface area contributed by atoms with Gasteiger partial charge in [0.25, 0.3) is 5.56 Å². The molecule has 0 aromatic carbocycles. The average Bonchev–Trinajstić information content (AvgIpc) is 2.76. The monoisotopic (exact) mass is 283 g/mol. The van der Waals surface area contributed by atoms with Gasteiger partial charge in [-0.3, -0.25) is 4.79 Å². The first-order valence-electron chi connectivity index (χ1n) is 5.03. The molecule has 94 valence electrons. The van der Waals surface area contributed by atoms with Gasteiger partial charge in [0.2, 0.25) is 0 Å². The second-order valence-corrected chi connectivity index (χ2v) is 5.35. The minimum atomic E-state index is -0.308. The molecule has 0 aliphatic rings. The topological polar surface area (TPSA) is 80.6 Å². The van der Waals surface area contributed by atoms with Gasteiger partial charge in [-0.15, -0.1) is 11.3 Å². The first-order valence-corrected chi connectivity index (χ1v) is 6.23. The van der Waals surface area contributed by atoms with E-state index >= 15 is 0 Å². The van der Waals surface area contributed by atoms with Crippen molar-refractivity contribution in [1.29, 1.82) is 0 Å². The van der Waals surface area contributed by atoms with Crippen molar-refractivity contribution in [2.45, 2.75) is 6.54 Å². The van der Waals surface area contributed by atoms with Gasteiger partial charge < -0.3 is 15.5 Å². The number of thiophene rings is 1. The van der Waals surface area contributed by atoms with E-state index in [1.54, 1.807) is 18.3 Å². The lowest BCUT2D eigenvalue weighted by atomic mass is 10.2. The Bertz CT molecular complexity index is 648. The quantitative estimate of drug-likeness (QED) is 0.389. The van der Waals surface area contributed by atoms with Gasteiger partial charge in [-0.1, -0.05) is 16.8 Å². The van der Waals surface area contributed by atoms with E-state index in [4.69, 9.17) is 22.5 Å². The summed E-state index contributed by atoms with van der Waals surface area (Å²) in [6, 6.07) is 6.81. The summed E-state index contributed by atoms with van der Waals surface area (Å²) in [5, 5.41) is 11.4. The minimum absolute atomic E-state index is 0.169. The van der Waals surface area contributed by atoms with E-state index in [-0.39, 0.29) is 17.0 Å². The van der Waals surface area contributed by atoms with Crippen LogP contribution in [0.15, 0.2) is 40.4 Å².